The van der Waals surface area contributed by atoms with Crippen LogP contribution in [-0.4, -0.2) is 18.4 Å². The Hall–Kier alpha value is -1.84. The second-order valence-electron chi connectivity index (χ2n) is 3.66. The van der Waals surface area contributed by atoms with Gasteiger partial charge in [0.1, 0.15) is 12.3 Å². The molecule has 0 fully saturated rings. The van der Waals surface area contributed by atoms with E-state index in [1.165, 1.54) is 0 Å². The molecule has 0 bridgehead atoms. The lowest BCUT2D eigenvalue weighted by atomic mass is 10.2. The van der Waals surface area contributed by atoms with E-state index in [1.54, 1.807) is 38.1 Å². The lowest BCUT2D eigenvalue weighted by Gasteiger charge is -2.07. The number of ether oxygens (including phenoxy) is 1. The van der Waals surface area contributed by atoms with Crippen molar-refractivity contribution in [1.29, 1.82) is 0 Å². The molecule has 0 heterocycles. The minimum absolute atomic E-state index is 0.105. The van der Waals surface area contributed by atoms with E-state index >= 15 is 0 Å². The van der Waals surface area contributed by atoms with Gasteiger partial charge < -0.3 is 10.1 Å². The Kier molecular flexibility index (Phi) is 4.51. The monoisotopic (exact) mass is 221 g/mol. The van der Waals surface area contributed by atoms with Crippen molar-refractivity contribution in [2.75, 3.05) is 6.54 Å². The summed E-state index contributed by atoms with van der Waals surface area (Å²) in [6, 6.07) is 8.74. The normalized spacial score (nSPS) is 9.94. The van der Waals surface area contributed by atoms with Crippen molar-refractivity contribution in [3.63, 3.8) is 0 Å². The number of benzene rings is 1. The van der Waals surface area contributed by atoms with Crippen molar-refractivity contribution in [3.8, 4) is 5.75 Å². The molecule has 1 aromatic rings. The van der Waals surface area contributed by atoms with Crippen LogP contribution in [0.4, 0.5) is 0 Å². The fourth-order valence-corrected chi connectivity index (χ4v) is 1.02. The van der Waals surface area contributed by atoms with Crippen LogP contribution in [0, 0.1) is 5.92 Å². The second kappa shape index (κ2) is 5.90. The van der Waals surface area contributed by atoms with Gasteiger partial charge in [0.15, 0.2) is 0 Å². The number of nitrogens with one attached hydrogen (secondary N) is 1. The smallest absolute Gasteiger partial charge is 0.330 e. The van der Waals surface area contributed by atoms with Crippen LogP contribution in [0.2, 0.25) is 0 Å². The Morgan fingerprint density at radius 3 is 2.44 bits per heavy atom. The fourth-order valence-electron chi connectivity index (χ4n) is 1.02. The van der Waals surface area contributed by atoms with Gasteiger partial charge in [-0.15, -0.1) is 0 Å². The fraction of sp³-hybridized carbons (Fsp3) is 0.333. The molecule has 86 valence electrons. The zero-order chi connectivity index (χ0) is 12.0. The Balaban J connectivity index is 2.35. The number of carbonyl (C=O) groups excluding carboxylic acids is 2. The first-order valence-corrected chi connectivity index (χ1v) is 5.13. The molecule has 1 rings (SSSR count). The molecule has 0 spiro atoms. The van der Waals surface area contributed by atoms with Crippen LogP contribution in [0.5, 0.6) is 5.75 Å². The summed E-state index contributed by atoms with van der Waals surface area (Å²) in [6.45, 7) is 3.42. The predicted molar refractivity (Wildman–Crippen MR) is 59.9 cm³/mol. The molecule has 0 atom stereocenters. The maximum atomic E-state index is 11.3. The average Bonchev–Trinajstić information content (AvgIpc) is 2.27. The van der Waals surface area contributed by atoms with E-state index < -0.39 is 5.97 Å². The van der Waals surface area contributed by atoms with Crippen LogP contribution in [0.25, 0.3) is 0 Å². The van der Waals surface area contributed by atoms with E-state index in [2.05, 4.69) is 5.32 Å². The van der Waals surface area contributed by atoms with Gasteiger partial charge in [-0.3, -0.25) is 4.79 Å². The van der Waals surface area contributed by atoms with Gasteiger partial charge in [-0.2, -0.15) is 0 Å². The molecular weight excluding hydrogens is 206 g/mol. The topological polar surface area (TPSA) is 55.4 Å². The van der Waals surface area contributed by atoms with E-state index in [0.717, 1.165) is 0 Å². The standard InChI is InChI=1S/C12H15NO3/c1-9(2)12(15)13-8-11(14)16-10-6-4-3-5-7-10/h3-7,9H,8H2,1-2H3,(H,13,15). The van der Waals surface area contributed by atoms with Gasteiger partial charge in [0, 0.05) is 5.92 Å². The highest BCUT2D eigenvalue weighted by molar-refractivity contribution is 5.83. The summed E-state index contributed by atoms with van der Waals surface area (Å²) in [6.07, 6.45) is 0. The molecule has 4 nitrogen and oxygen atoms in total. The van der Waals surface area contributed by atoms with Crippen molar-refractivity contribution in [1.82, 2.24) is 5.32 Å². The summed E-state index contributed by atoms with van der Waals surface area (Å²) < 4.78 is 4.99. The number of rotatable bonds is 4. The summed E-state index contributed by atoms with van der Waals surface area (Å²) in [7, 11) is 0. The zero-order valence-corrected chi connectivity index (χ0v) is 9.40. The predicted octanol–water partition coefficient (Wildman–Crippen LogP) is 1.36. The SMILES string of the molecule is CC(C)C(=O)NCC(=O)Oc1ccccc1. The molecule has 1 aromatic carbocycles. The van der Waals surface area contributed by atoms with Gasteiger partial charge in [-0.1, -0.05) is 32.0 Å². The number of esters is 1. The summed E-state index contributed by atoms with van der Waals surface area (Å²) in [5.74, 6) is -0.291. The molecule has 16 heavy (non-hydrogen) atoms. The first kappa shape index (κ1) is 12.2. The average molecular weight is 221 g/mol. The van der Waals surface area contributed by atoms with Crippen LogP contribution in [0.1, 0.15) is 13.8 Å². The first-order valence-electron chi connectivity index (χ1n) is 5.13. The highest BCUT2D eigenvalue weighted by atomic mass is 16.5. The van der Waals surface area contributed by atoms with Crippen molar-refractivity contribution >= 4 is 11.9 Å². The molecule has 0 aliphatic carbocycles. The van der Waals surface area contributed by atoms with Crippen LogP contribution in [0.15, 0.2) is 30.3 Å². The number of para-hydroxylation sites is 1. The quantitative estimate of drug-likeness (QED) is 0.617. The van der Waals surface area contributed by atoms with Crippen molar-refractivity contribution in [3.05, 3.63) is 30.3 Å². The molecule has 0 radical (unpaired) electrons. The highest BCUT2D eigenvalue weighted by Gasteiger charge is 2.09. The van der Waals surface area contributed by atoms with Gasteiger partial charge in [0.25, 0.3) is 0 Å². The first-order chi connectivity index (χ1) is 7.59. The van der Waals surface area contributed by atoms with Crippen LogP contribution < -0.4 is 10.1 Å². The molecule has 0 aliphatic heterocycles. The second-order valence-corrected chi connectivity index (χ2v) is 3.66. The summed E-state index contributed by atoms with van der Waals surface area (Å²) in [5.41, 5.74) is 0. The summed E-state index contributed by atoms with van der Waals surface area (Å²) in [5, 5.41) is 2.49. The molecule has 0 unspecified atom stereocenters. The lowest BCUT2D eigenvalue weighted by molar-refractivity contribution is -0.136. The van der Waals surface area contributed by atoms with Gasteiger partial charge >= 0.3 is 5.97 Å². The number of carbonyl (C=O) groups is 2. The highest BCUT2D eigenvalue weighted by Crippen LogP contribution is 2.07. The largest absolute Gasteiger partial charge is 0.425 e. The third-order valence-corrected chi connectivity index (χ3v) is 1.91. The van der Waals surface area contributed by atoms with E-state index in [0.29, 0.717) is 5.75 Å². The third-order valence-electron chi connectivity index (χ3n) is 1.91. The Morgan fingerprint density at radius 2 is 1.88 bits per heavy atom. The molecule has 0 saturated carbocycles. The van der Waals surface area contributed by atoms with Crippen LogP contribution in [0.3, 0.4) is 0 Å². The lowest BCUT2D eigenvalue weighted by Crippen LogP contribution is -2.34. The van der Waals surface area contributed by atoms with Gasteiger partial charge in [-0.05, 0) is 12.1 Å². The number of amides is 1. The zero-order valence-electron chi connectivity index (χ0n) is 9.40. The van der Waals surface area contributed by atoms with Crippen molar-refractivity contribution in [2.45, 2.75) is 13.8 Å². The minimum Gasteiger partial charge on any atom is -0.425 e. The van der Waals surface area contributed by atoms with Crippen molar-refractivity contribution < 1.29 is 14.3 Å². The van der Waals surface area contributed by atoms with Gasteiger partial charge in [0.05, 0.1) is 0 Å². The molecule has 0 aliphatic rings. The number of hydrogen-bond acceptors (Lipinski definition) is 3. The van der Waals surface area contributed by atoms with E-state index in [4.69, 9.17) is 4.74 Å². The van der Waals surface area contributed by atoms with Crippen LogP contribution in [-0.2, 0) is 9.59 Å². The Bertz CT molecular complexity index is 360. The molecule has 1 amide bonds. The minimum atomic E-state index is -0.472. The summed E-state index contributed by atoms with van der Waals surface area (Å²) >= 11 is 0. The number of hydrogen-bond donors (Lipinski definition) is 1. The van der Waals surface area contributed by atoms with Crippen molar-refractivity contribution in [2.24, 2.45) is 5.92 Å². The molecule has 0 aromatic heterocycles. The van der Waals surface area contributed by atoms with E-state index in [9.17, 15) is 9.59 Å². The maximum absolute atomic E-state index is 11.3. The molecule has 4 heteroatoms. The summed E-state index contributed by atoms with van der Waals surface area (Å²) in [4.78, 5) is 22.5. The molecular formula is C12H15NO3. The van der Waals surface area contributed by atoms with Gasteiger partial charge in [0.2, 0.25) is 5.91 Å². The Labute approximate surface area is 94.6 Å². The molecule has 0 saturated heterocycles. The van der Waals surface area contributed by atoms with Crippen LogP contribution >= 0.6 is 0 Å². The van der Waals surface area contributed by atoms with E-state index in [-0.39, 0.29) is 18.4 Å². The third kappa shape index (κ3) is 4.13. The van der Waals surface area contributed by atoms with E-state index in [1.807, 2.05) is 6.07 Å². The van der Waals surface area contributed by atoms with Gasteiger partial charge in [-0.25, -0.2) is 4.79 Å². The maximum Gasteiger partial charge on any atom is 0.330 e. The molecule has 1 N–H and O–H groups in total. The Morgan fingerprint density at radius 1 is 1.25 bits per heavy atom.